The molecule has 0 unspecified atom stereocenters. The van der Waals surface area contributed by atoms with Gasteiger partial charge in [0, 0.05) is 44.1 Å². The van der Waals surface area contributed by atoms with Crippen LogP contribution < -0.4 is 4.90 Å². The molecule has 0 spiro atoms. The highest BCUT2D eigenvalue weighted by molar-refractivity contribution is 5.94. The Hall–Kier alpha value is -3.96. The minimum absolute atomic E-state index is 0.0771. The molecule has 5 heterocycles. The molecule has 1 aliphatic heterocycles. The molecule has 4 aromatic heterocycles. The van der Waals surface area contributed by atoms with Gasteiger partial charge >= 0.3 is 12.1 Å². The number of imidazole rings is 1. The first kappa shape index (κ1) is 20.9. The van der Waals surface area contributed by atoms with E-state index in [1.165, 1.54) is 6.20 Å². The zero-order valence-corrected chi connectivity index (χ0v) is 17.5. The largest absolute Gasteiger partial charge is 0.471 e. The van der Waals surface area contributed by atoms with Crippen molar-refractivity contribution in [2.75, 3.05) is 31.1 Å². The van der Waals surface area contributed by atoms with Crippen LogP contribution in [0.4, 0.5) is 19.0 Å². The minimum Gasteiger partial charge on any atom is -0.353 e. The molecule has 5 rings (SSSR count). The van der Waals surface area contributed by atoms with Gasteiger partial charge in [-0.3, -0.25) is 9.20 Å². The van der Waals surface area contributed by atoms with Crippen LogP contribution in [0.2, 0.25) is 0 Å². The zero-order chi connectivity index (χ0) is 23.2. The lowest BCUT2D eigenvalue weighted by Gasteiger charge is -2.35. The average Bonchev–Trinajstić information content (AvgIpc) is 3.43. The van der Waals surface area contributed by atoms with Crippen LogP contribution >= 0.6 is 0 Å². The van der Waals surface area contributed by atoms with Gasteiger partial charge in [0.1, 0.15) is 17.2 Å². The van der Waals surface area contributed by atoms with Gasteiger partial charge in [-0.1, -0.05) is 11.2 Å². The first-order chi connectivity index (χ1) is 15.8. The second-order valence-electron chi connectivity index (χ2n) is 7.58. The van der Waals surface area contributed by atoms with Gasteiger partial charge in [0.15, 0.2) is 0 Å². The normalized spacial score (nSPS) is 14.8. The molecule has 0 saturated carbocycles. The Morgan fingerprint density at radius 1 is 1.06 bits per heavy atom. The second-order valence-corrected chi connectivity index (χ2v) is 7.58. The Morgan fingerprint density at radius 3 is 2.52 bits per heavy atom. The van der Waals surface area contributed by atoms with E-state index in [0.717, 1.165) is 5.65 Å². The van der Waals surface area contributed by atoms with E-state index in [2.05, 4.69) is 24.6 Å². The number of hydrogen-bond acceptors (Lipinski definition) is 7. The molecule has 1 aliphatic rings. The summed E-state index contributed by atoms with van der Waals surface area (Å²) >= 11 is 0. The number of fused-ring (bicyclic) bond motifs is 1. The topological polar surface area (TPSA) is 92.7 Å². The molecule has 12 heteroatoms. The molecule has 170 valence electrons. The van der Waals surface area contributed by atoms with Gasteiger partial charge in [0.2, 0.25) is 5.82 Å². The summed E-state index contributed by atoms with van der Waals surface area (Å²) in [6.07, 6.45) is -1.47. The van der Waals surface area contributed by atoms with Crippen molar-refractivity contribution in [3.63, 3.8) is 0 Å². The molecule has 0 N–H and O–H groups in total. The van der Waals surface area contributed by atoms with Crippen LogP contribution in [0.5, 0.6) is 0 Å². The maximum Gasteiger partial charge on any atom is 0.471 e. The minimum atomic E-state index is -4.70. The van der Waals surface area contributed by atoms with Gasteiger partial charge in [-0.05, 0) is 31.2 Å². The highest BCUT2D eigenvalue weighted by atomic mass is 19.4. The van der Waals surface area contributed by atoms with Crippen molar-refractivity contribution >= 4 is 17.4 Å². The van der Waals surface area contributed by atoms with E-state index in [-0.39, 0.29) is 11.7 Å². The van der Waals surface area contributed by atoms with Gasteiger partial charge in [-0.15, -0.1) is 0 Å². The van der Waals surface area contributed by atoms with Crippen LogP contribution in [0, 0.1) is 6.92 Å². The molecule has 0 aliphatic carbocycles. The molecule has 0 aromatic carbocycles. The number of piperazine rings is 1. The first-order valence-electron chi connectivity index (χ1n) is 10.2. The number of pyridine rings is 2. The third-order valence-electron chi connectivity index (χ3n) is 5.47. The number of amides is 1. The molecule has 9 nitrogen and oxygen atoms in total. The van der Waals surface area contributed by atoms with Crippen LogP contribution in [0.3, 0.4) is 0 Å². The molecule has 0 radical (unpaired) electrons. The highest BCUT2D eigenvalue weighted by Gasteiger charge is 2.38. The Labute approximate surface area is 185 Å². The summed E-state index contributed by atoms with van der Waals surface area (Å²) < 4.78 is 44.0. The van der Waals surface area contributed by atoms with Gasteiger partial charge in [-0.25, -0.2) is 9.97 Å². The fourth-order valence-corrected chi connectivity index (χ4v) is 3.82. The average molecular weight is 457 g/mol. The van der Waals surface area contributed by atoms with Crippen molar-refractivity contribution in [3.8, 4) is 11.4 Å². The van der Waals surface area contributed by atoms with Crippen molar-refractivity contribution in [3.05, 3.63) is 60.0 Å². The quantitative estimate of drug-likeness (QED) is 0.467. The third-order valence-corrected chi connectivity index (χ3v) is 5.47. The fourth-order valence-electron chi connectivity index (χ4n) is 3.82. The molecular weight excluding hydrogens is 439 g/mol. The summed E-state index contributed by atoms with van der Waals surface area (Å²) in [4.78, 5) is 29.1. The lowest BCUT2D eigenvalue weighted by atomic mass is 10.2. The van der Waals surface area contributed by atoms with E-state index < -0.39 is 12.1 Å². The summed E-state index contributed by atoms with van der Waals surface area (Å²) in [6, 6.07) is 8.87. The molecular formula is C21H18F3N7O2. The number of nitrogens with zero attached hydrogens (tertiary/aromatic N) is 7. The predicted octanol–water partition coefficient (Wildman–Crippen LogP) is 3.07. The van der Waals surface area contributed by atoms with E-state index in [1.54, 1.807) is 21.4 Å². The number of carbonyl (C=O) groups is 1. The number of halogens is 3. The van der Waals surface area contributed by atoms with E-state index in [4.69, 9.17) is 0 Å². The summed E-state index contributed by atoms with van der Waals surface area (Å²) in [5, 5.41) is 3.37. The SMILES string of the molecule is Cc1nc2ccccn2c1C(=O)N1CCN(c2ccc(-c3noc(C(F)(F)F)n3)cn2)CC1. The first-order valence-corrected chi connectivity index (χ1v) is 10.2. The van der Waals surface area contributed by atoms with Crippen molar-refractivity contribution in [2.24, 2.45) is 0 Å². The van der Waals surface area contributed by atoms with Crippen LogP contribution in [-0.2, 0) is 6.18 Å². The summed E-state index contributed by atoms with van der Waals surface area (Å²) in [5.74, 6) is -1.01. The highest BCUT2D eigenvalue weighted by Crippen LogP contribution is 2.29. The molecule has 1 fully saturated rings. The lowest BCUT2D eigenvalue weighted by molar-refractivity contribution is -0.159. The summed E-state index contributed by atoms with van der Waals surface area (Å²) in [6.45, 7) is 3.95. The summed E-state index contributed by atoms with van der Waals surface area (Å²) in [5.41, 5.74) is 2.28. The standard InChI is InChI=1S/C21H18F3N7O2/c1-13-17(31-7-3-2-4-16(31)26-13)19(32)30-10-8-29(9-11-30)15-6-5-14(12-25-15)18-27-20(33-28-18)21(22,23)24/h2-7,12H,8-11H2,1H3. The Bertz CT molecular complexity index is 1310. The van der Waals surface area contributed by atoms with E-state index >= 15 is 0 Å². The van der Waals surface area contributed by atoms with E-state index in [0.29, 0.717) is 48.9 Å². The van der Waals surface area contributed by atoms with Gasteiger partial charge in [0.05, 0.1) is 5.69 Å². The van der Waals surface area contributed by atoms with Crippen molar-refractivity contribution < 1.29 is 22.5 Å². The summed E-state index contributed by atoms with van der Waals surface area (Å²) in [7, 11) is 0. The molecule has 0 atom stereocenters. The monoisotopic (exact) mass is 457 g/mol. The van der Waals surface area contributed by atoms with Crippen LogP contribution in [0.1, 0.15) is 22.1 Å². The van der Waals surface area contributed by atoms with Crippen LogP contribution in [-0.4, -0.2) is 61.5 Å². The van der Waals surface area contributed by atoms with Crippen LogP contribution in [0.25, 0.3) is 17.0 Å². The van der Waals surface area contributed by atoms with Crippen molar-refractivity contribution in [1.82, 2.24) is 29.4 Å². The van der Waals surface area contributed by atoms with Crippen molar-refractivity contribution in [1.29, 1.82) is 0 Å². The van der Waals surface area contributed by atoms with E-state index in [1.807, 2.05) is 36.2 Å². The number of alkyl halides is 3. The van der Waals surface area contributed by atoms with Gasteiger partial charge in [0.25, 0.3) is 5.91 Å². The predicted molar refractivity (Wildman–Crippen MR) is 111 cm³/mol. The van der Waals surface area contributed by atoms with Gasteiger partial charge in [-0.2, -0.15) is 18.2 Å². The number of rotatable bonds is 3. The number of anilines is 1. The number of aryl methyl sites for hydroxylation is 1. The number of aromatic nitrogens is 5. The maximum atomic E-state index is 13.1. The molecule has 1 saturated heterocycles. The smallest absolute Gasteiger partial charge is 0.353 e. The maximum absolute atomic E-state index is 13.1. The lowest BCUT2D eigenvalue weighted by Crippen LogP contribution is -2.49. The Kier molecular flexibility index (Phi) is 4.99. The molecule has 1 amide bonds. The molecule has 4 aromatic rings. The number of hydrogen-bond donors (Lipinski definition) is 0. The van der Waals surface area contributed by atoms with Gasteiger partial charge < -0.3 is 14.3 Å². The van der Waals surface area contributed by atoms with Crippen LogP contribution in [0.15, 0.2) is 47.2 Å². The van der Waals surface area contributed by atoms with E-state index in [9.17, 15) is 18.0 Å². The fraction of sp³-hybridized carbons (Fsp3) is 0.286. The second kappa shape index (κ2) is 7.87. The third kappa shape index (κ3) is 3.88. The zero-order valence-electron chi connectivity index (χ0n) is 17.5. The Morgan fingerprint density at radius 2 is 1.85 bits per heavy atom. The number of carbonyl (C=O) groups excluding carboxylic acids is 1. The molecule has 33 heavy (non-hydrogen) atoms. The Balaban J connectivity index is 1.26. The molecule has 0 bridgehead atoms. The van der Waals surface area contributed by atoms with Crippen molar-refractivity contribution in [2.45, 2.75) is 13.1 Å².